The number of nitrogens with zero attached hydrogens (tertiary/aromatic N) is 4. The highest BCUT2D eigenvalue weighted by molar-refractivity contribution is 7.90. The molecular formula is C19H17ClF2N6O4S. The predicted molar refractivity (Wildman–Crippen MR) is 113 cm³/mol. The molecule has 2 heterocycles. The quantitative estimate of drug-likeness (QED) is 0.482. The van der Waals surface area contributed by atoms with Gasteiger partial charge in [0.05, 0.1) is 23.5 Å². The molecule has 14 heteroatoms. The van der Waals surface area contributed by atoms with Crippen molar-refractivity contribution in [3.05, 3.63) is 64.8 Å². The maximum absolute atomic E-state index is 12.5. The molecular weight excluding hydrogens is 482 g/mol. The van der Waals surface area contributed by atoms with E-state index < -0.39 is 34.6 Å². The molecule has 10 nitrogen and oxygen atoms in total. The lowest BCUT2D eigenvalue weighted by Gasteiger charge is -2.09. The normalized spacial score (nSPS) is 11.4. The molecule has 0 atom stereocenters. The summed E-state index contributed by atoms with van der Waals surface area (Å²) in [5.41, 5.74) is 0.128. The first-order valence-electron chi connectivity index (χ1n) is 9.25. The molecule has 0 saturated heterocycles. The molecule has 2 amide bonds. The molecule has 2 N–H and O–H groups in total. The number of nitrogens with one attached hydrogen (secondary N) is 2. The highest BCUT2D eigenvalue weighted by Crippen LogP contribution is 2.19. The largest absolute Gasteiger partial charge is 0.346 e. The van der Waals surface area contributed by atoms with Crippen molar-refractivity contribution in [2.45, 2.75) is 17.9 Å². The number of pyridine rings is 1. The van der Waals surface area contributed by atoms with Gasteiger partial charge in [-0.05, 0) is 30.3 Å². The lowest BCUT2D eigenvalue weighted by Crippen LogP contribution is -2.28. The number of hydrogen-bond acceptors (Lipinski definition) is 7. The van der Waals surface area contributed by atoms with E-state index in [2.05, 4.69) is 25.7 Å². The van der Waals surface area contributed by atoms with Gasteiger partial charge in [0.15, 0.2) is 21.5 Å². The van der Waals surface area contributed by atoms with Crippen LogP contribution in [0.2, 0.25) is 5.02 Å². The summed E-state index contributed by atoms with van der Waals surface area (Å²) in [4.78, 5) is 32.4. The van der Waals surface area contributed by atoms with E-state index in [-0.39, 0.29) is 39.2 Å². The lowest BCUT2D eigenvalue weighted by atomic mass is 10.2. The smallest absolute Gasteiger partial charge is 0.255 e. The van der Waals surface area contributed by atoms with Gasteiger partial charge >= 0.3 is 0 Å². The molecule has 0 unspecified atom stereocenters. The fourth-order valence-electron chi connectivity index (χ4n) is 2.66. The van der Waals surface area contributed by atoms with E-state index in [9.17, 15) is 26.8 Å². The Hall–Kier alpha value is -3.45. The molecule has 0 radical (unpaired) electrons. The summed E-state index contributed by atoms with van der Waals surface area (Å²) in [6, 6.07) is 6.60. The summed E-state index contributed by atoms with van der Waals surface area (Å²) in [6.45, 7) is -0.857. The van der Waals surface area contributed by atoms with Gasteiger partial charge in [-0.15, -0.1) is 0 Å². The molecule has 0 aliphatic heterocycles. The van der Waals surface area contributed by atoms with Crippen LogP contribution in [0.4, 0.5) is 8.78 Å². The second-order valence-corrected chi connectivity index (χ2v) is 9.18. The third kappa shape index (κ3) is 6.29. The number of amides is 2. The monoisotopic (exact) mass is 498 g/mol. The molecule has 0 bridgehead atoms. The minimum Gasteiger partial charge on any atom is -0.346 e. The summed E-state index contributed by atoms with van der Waals surface area (Å²) < 4.78 is 49.3. The summed E-state index contributed by atoms with van der Waals surface area (Å²) in [5, 5.41) is 8.78. The number of benzene rings is 1. The average molecular weight is 499 g/mol. The fourth-order valence-corrected chi connectivity index (χ4v) is 3.65. The molecule has 174 valence electrons. The number of rotatable bonds is 8. The van der Waals surface area contributed by atoms with E-state index in [1.807, 2.05) is 0 Å². The number of carbonyl (C=O) groups excluding carboxylic acids is 2. The Morgan fingerprint density at radius 2 is 1.82 bits per heavy atom. The Morgan fingerprint density at radius 3 is 2.45 bits per heavy atom. The van der Waals surface area contributed by atoms with Crippen molar-refractivity contribution in [3.8, 4) is 5.82 Å². The zero-order valence-electron chi connectivity index (χ0n) is 17.0. The zero-order chi connectivity index (χ0) is 24.2. The van der Waals surface area contributed by atoms with Crippen LogP contribution in [0.15, 0.2) is 47.8 Å². The Morgan fingerprint density at radius 1 is 1.09 bits per heavy atom. The van der Waals surface area contributed by atoms with E-state index in [1.54, 1.807) is 0 Å². The number of alkyl halides is 2. The molecule has 2 aromatic heterocycles. The van der Waals surface area contributed by atoms with Gasteiger partial charge in [-0.25, -0.2) is 27.2 Å². The Labute approximate surface area is 191 Å². The van der Waals surface area contributed by atoms with E-state index >= 15 is 0 Å². The number of carbonyl (C=O) groups is 2. The molecule has 3 rings (SSSR count). The summed E-state index contributed by atoms with van der Waals surface area (Å²) in [5.74, 6) is -0.730. The third-order valence-electron chi connectivity index (χ3n) is 4.23. The van der Waals surface area contributed by atoms with Gasteiger partial charge in [-0.3, -0.25) is 9.59 Å². The molecule has 0 aliphatic rings. The summed E-state index contributed by atoms with van der Waals surface area (Å²) in [7, 11) is -3.56. The van der Waals surface area contributed by atoms with Crippen LogP contribution in [0.5, 0.6) is 0 Å². The molecule has 0 spiro atoms. The minimum atomic E-state index is -3.56. The lowest BCUT2D eigenvalue weighted by molar-refractivity contribution is 0.0890. The van der Waals surface area contributed by atoms with Gasteiger partial charge in [0.2, 0.25) is 0 Å². The predicted octanol–water partition coefficient (Wildman–Crippen LogP) is 1.64. The standard InChI is InChI=1S/C19H17ClF2N6O4S/c1-33(31,32)14-5-12(4-13(20)6-14)19(30)25-9-17-26-10-27-28(17)16-3-2-11(7-23-16)18(29)24-8-15(21)22/h2-7,10,15H,8-9H2,1H3,(H,24,29)(H,25,30). The van der Waals surface area contributed by atoms with Crippen LogP contribution in [0.1, 0.15) is 26.5 Å². The van der Waals surface area contributed by atoms with Gasteiger partial charge in [0, 0.05) is 23.0 Å². The van der Waals surface area contributed by atoms with Crippen molar-refractivity contribution >= 4 is 33.3 Å². The van der Waals surface area contributed by atoms with Crippen LogP contribution in [0.3, 0.4) is 0 Å². The molecule has 1 aromatic carbocycles. The van der Waals surface area contributed by atoms with Crippen molar-refractivity contribution in [1.82, 2.24) is 30.4 Å². The van der Waals surface area contributed by atoms with Crippen LogP contribution in [0.25, 0.3) is 5.82 Å². The van der Waals surface area contributed by atoms with Crippen LogP contribution < -0.4 is 10.6 Å². The van der Waals surface area contributed by atoms with Crippen LogP contribution in [-0.4, -0.2) is 59.2 Å². The summed E-state index contributed by atoms with van der Waals surface area (Å²) in [6.07, 6.45) is 0.759. The number of sulfone groups is 1. The maximum Gasteiger partial charge on any atom is 0.255 e. The second kappa shape index (κ2) is 10.0. The maximum atomic E-state index is 12.5. The fraction of sp³-hybridized carbons (Fsp3) is 0.211. The highest BCUT2D eigenvalue weighted by Gasteiger charge is 2.16. The van der Waals surface area contributed by atoms with Gasteiger partial charge in [0.1, 0.15) is 6.33 Å². The van der Waals surface area contributed by atoms with Crippen molar-refractivity contribution < 1.29 is 26.8 Å². The summed E-state index contributed by atoms with van der Waals surface area (Å²) >= 11 is 5.93. The Bertz CT molecular complexity index is 1280. The van der Waals surface area contributed by atoms with Gasteiger partial charge in [-0.2, -0.15) is 9.78 Å². The van der Waals surface area contributed by atoms with E-state index in [4.69, 9.17) is 11.6 Å². The second-order valence-electron chi connectivity index (χ2n) is 6.72. The SMILES string of the molecule is CS(=O)(=O)c1cc(Cl)cc(C(=O)NCc2ncnn2-c2ccc(C(=O)NCC(F)F)cn2)c1. The van der Waals surface area contributed by atoms with Gasteiger partial charge in [0.25, 0.3) is 18.2 Å². The van der Waals surface area contributed by atoms with Crippen LogP contribution >= 0.6 is 11.6 Å². The number of aromatic nitrogens is 4. The van der Waals surface area contributed by atoms with E-state index in [1.165, 1.54) is 47.5 Å². The van der Waals surface area contributed by atoms with Gasteiger partial charge in [-0.1, -0.05) is 11.6 Å². The minimum absolute atomic E-state index is 0.0475. The molecule has 0 aliphatic carbocycles. The molecule has 0 fully saturated rings. The Kier molecular flexibility index (Phi) is 7.33. The third-order valence-corrected chi connectivity index (χ3v) is 5.54. The molecule has 33 heavy (non-hydrogen) atoms. The first-order valence-corrected chi connectivity index (χ1v) is 11.5. The Balaban J connectivity index is 1.71. The zero-order valence-corrected chi connectivity index (χ0v) is 18.6. The van der Waals surface area contributed by atoms with Crippen LogP contribution in [-0.2, 0) is 16.4 Å². The highest BCUT2D eigenvalue weighted by atomic mass is 35.5. The van der Waals surface area contributed by atoms with E-state index in [0.717, 1.165) is 6.26 Å². The first-order chi connectivity index (χ1) is 15.5. The van der Waals surface area contributed by atoms with E-state index in [0.29, 0.717) is 0 Å². The van der Waals surface area contributed by atoms with Crippen molar-refractivity contribution in [2.24, 2.45) is 0 Å². The van der Waals surface area contributed by atoms with Crippen LogP contribution in [0, 0.1) is 0 Å². The van der Waals surface area contributed by atoms with Gasteiger partial charge < -0.3 is 10.6 Å². The number of hydrogen-bond donors (Lipinski definition) is 2. The first kappa shape index (κ1) is 24.2. The molecule has 3 aromatic rings. The topological polar surface area (TPSA) is 136 Å². The van der Waals surface area contributed by atoms with Crippen molar-refractivity contribution in [2.75, 3.05) is 12.8 Å². The van der Waals surface area contributed by atoms with Crippen molar-refractivity contribution in [3.63, 3.8) is 0 Å². The van der Waals surface area contributed by atoms with Crippen molar-refractivity contribution in [1.29, 1.82) is 0 Å². The average Bonchev–Trinajstić information content (AvgIpc) is 3.23. The number of halogens is 3. The molecule has 0 saturated carbocycles.